The zero-order valence-corrected chi connectivity index (χ0v) is 11.7. The molecule has 0 radical (unpaired) electrons. The van der Waals surface area contributed by atoms with E-state index in [0.29, 0.717) is 17.9 Å². The van der Waals surface area contributed by atoms with Crippen LogP contribution in [0.5, 0.6) is 0 Å². The third kappa shape index (κ3) is 2.61. The molecule has 98 valence electrons. The number of nitrogens with zero attached hydrogens (tertiary/aromatic N) is 2. The Balaban J connectivity index is 2.02. The van der Waals surface area contributed by atoms with Crippen molar-refractivity contribution in [3.8, 4) is 0 Å². The maximum absolute atomic E-state index is 11.7. The average Bonchev–Trinajstić information content (AvgIpc) is 2.23. The number of hydrogen-bond acceptors (Lipinski definition) is 5. The second kappa shape index (κ2) is 4.78. The highest BCUT2D eigenvalue weighted by molar-refractivity contribution is 7.80. The van der Waals surface area contributed by atoms with Crippen LogP contribution in [-0.2, 0) is 9.53 Å². The smallest absolute Gasteiger partial charge is 0.326 e. The van der Waals surface area contributed by atoms with Crippen molar-refractivity contribution in [1.29, 1.82) is 0 Å². The fourth-order valence-electron chi connectivity index (χ4n) is 2.80. The van der Waals surface area contributed by atoms with Gasteiger partial charge < -0.3 is 4.74 Å². The number of carbonyl (C=O) groups is 1. The lowest BCUT2D eigenvalue weighted by Crippen LogP contribution is -2.67. The van der Waals surface area contributed by atoms with Crippen LogP contribution in [0, 0.1) is 0 Å². The molecule has 2 atom stereocenters. The number of piperazine rings is 1. The van der Waals surface area contributed by atoms with E-state index in [1.54, 1.807) is 0 Å². The van der Waals surface area contributed by atoms with Crippen molar-refractivity contribution >= 4 is 18.6 Å². The van der Waals surface area contributed by atoms with Crippen LogP contribution >= 0.6 is 12.6 Å². The Morgan fingerprint density at radius 2 is 2.24 bits per heavy atom. The summed E-state index contributed by atoms with van der Waals surface area (Å²) in [5, 5.41) is 0.390. The summed E-state index contributed by atoms with van der Waals surface area (Å²) in [5.74, 6) is -0.0928. The van der Waals surface area contributed by atoms with Crippen LogP contribution in [0.15, 0.2) is 0 Å². The summed E-state index contributed by atoms with van der Waals surface area (Å²) in [6.07, 6.45) is 0. The van der Waals surface area contributed by atoms with Gasteiger partial charge in [-0.1, -0.05) is 6.92 Å². The highest BCUT2D eigenvalue weighted by Gasteiger charge is 2.46. The normalized spacial score (nSPS) is 31.8. The van der Waals surface area contributed by atoms with Crippen molar-refractivity contribution in [2.45, 2.75) is 37.6 Å². The molecule has 0 aromatic carbocycles. The molecule has 5 heteroatoms. The van der Waals surface area contributed by atoms with Gasteiger partial charge in [0.15, 0.2) is 0 Å². The standard InChI is InChI=1S/C12H22N2O2S/c1-9(17)6-13-4-5-14-10(7-13)8-16-11(15)12(14,2)3/h9-10,17H,4-8H2,1-3H3. The molecule has 0 amide bonds. The Morgan fingerprint density at radius 3 is 2.88 bits per heavy atom. The minimum absolute atomic E-state index is 0.0928. The van der Waals surface area contributed by atoms with Gasteiger partial charge in [0, 0.05) is 31.4 Å². The molecule has 17 heavy (non-hydrogen) atoms. The maximum Gasteiger partial charge on any atom is 0.326 e. The molecule has 0 aliphatic carbocycles. The van der Waals surface area contributed by atoms with Crippen LogP contribution in [0.4, 0.5) is 0 Å². The number of hydrogen-bond donors (Lipinski definition) is 1. The van der Waals surface area contributed by atoms with Crippen LogP contribution in [-0.4, -0.2) is 65.4 Å². The third-order valence-electron chi connectivity index (χ3n) is 3.71. The van der Waals surface area contributed by atoms with E-state index in [-0.39, 0.29) is 5.97 Å². The lowest BCUT2D eigenvalue weighted by molar-refractivity contribution is -0.177. The zero-order valence-electron chi connectivity index (χ0n) is 10.8. The maximum atomic E-state index is 11.7. The SMILES string of the molecule is CC(S)CN1CCN2C(COC(=O)C2(C)C)C1. The summed E-state index contributed by atoms with van der Waals surface area (Å²) in [6, 6.07) is 0.337. The van der Waals surface area contributed by atoms with E-state index in [0.717, 1.165) is 26.2 Å². The first-order valence-electron chi connectivity index (χ1n) is 6.25. The highest BCUT2D eigenvalue weighted by Crippen LogP contribution is 2.27. The average molecular weight is 258 g/mol. The third-order valence-corrected chi connectivity index (χ3v) is 3.88. The van der Waals surface area contributed by atoms with Crippen molar-refractivity contribution < 1.29 is 9.53 Å². The second-order valence-corrected chi connectivity index (χ2v) is 6.49. The van der Waals surface area contributed by atoms with Gasteiger partial charge in [0.25, 0.3) is 0 Å². The van der Waals surface area contributed by atoms with Crippen LogP contribution in [0.1, 0.15) is 20.8 Å². The number of rotatable bonds is 2. The molecular weight excluding hydrogens is 236 g/mol. The van der Waals surface area contributed by atoms with Crippen LogP contribution in [0.25, 0.3) is 0 Å². The molecule has 2 rings (SSSR count). The van der Waals surface area contributed by atoms with Gasteiger partial charge in [0.05, 0.1) is 6.04 Å². The Bertz CT molecular complexity index is 307. The molecule has 0 aromatic heterocycles. The van der Waals surface area contributed by atoms with E-state index in [4.69, 9.17) is 4.74 Å². The Kier molecular flexibility index (Phi) is 3.71. The molecule has 2 fully saturated rings. The van der Waals surface area contributed by atoms with E-state index in [1.165, 1.54) is 0 Å². The fraction of sp³-hybridized carbons (Fsp3) is 0.917. The molecule has 0 spiro atoms. The Hall–Kier alpha value is -0.260. The quantitative estimate of drug-likeness (QED) is 0.582. The summed E-state index contributed by atoms with van der Waals surface area (Å²) in [7, 11) is 0. The van der Waals surface area contributed by atoms with Gasteiger partial charge in [-0.05, 0) is 13.8 Å². The molecule has 2 unspecified atom stereocenters. The molecule has 4 nitrogen and oxygen atoms in total. The number of thiol groups is 1. The Morgan fingerprint density at radius 1 is 1.53 bits per heavy atom. The van der Waals surface area contributed by atoms with Crippen LogP contribution < -0.4 is 0 Å². The summed E-state index contributed by atoms with van der Waals surface area (Å²) in [6.45, 7) is 10.5. The molecule has 0 aromatic rings. The number of ether oxygens (including phenoxy) is 1. The first kappa shape index (κ1) is 13.2. The molecule has 0 saturated carbocycles. The van der Waals surface area contributed by atoms with Gasteiger partial charge in [-0.2, -0.15) is 12.6 Å². The highest BCUT2D eigenvalue weighted by atomic mass is 32.1. The molecule has 0 N–H and O–H groups in total. The second-order valence-electron chi connectivity index (χ2n) is 5.61. The van der Waals surface area contributed by atoms with Gasteiger partial charge in [-0.3, -0.25) is 14.6 Å². The monoisotopic (exact) mass is 258 g/mol. The molecule has 2 saturated heterocycles. The topological polar surface area (TPSA) is 32.8 Å². The molecule has 2 aliphatic heterocycles. The van der Waals surface area contributed by atoms with Crippen molar-refractivity contribution in [1.82, 2.24) is 9.80 Å². The van der Waals surface area contributed by atoms with E-state index in [1.807, 2.05) is 13.8 Å². The number of fused-ring (bicyclic) bond motifs is 1. The van der Waals surface area contributed by atoms with Gasteiger partial charge in [-0.15, -0.1) is 0 Å². The predicted molar refractivity (Wildman–Crippen MR) is 70.4 cm³/mol. The van der Waals surface area contributed by atoms with E-state index < -0.39 is 5.54 Å². The van der Waals surface area contributed by atoms with Crippen LogP contribution in [0.2, 0.25) is 0 Å². The lowest BCUT2D eigenvalue weighted by Gasteiger charge is -2.50. The summed E-state index contributed by atoms with van der Waals surface area (Å²) in [4.78, 5) is 16.4. The fourth-order valence-corrected chi connectivity index (χ4v) is 3.03. The van der Waals surface area contributed by atoms with E-state index in [9.17, 15) is 4.79 Å². The van der Waals surface area contributed by atoms with Crippen molar-refractivity contribution in [3.63, 3.8) is 0 Å². The summed E-state index contributed by atoms with van der Waals surface area (Å²) >= 11 is 4.43. The van der Waals surface area contributed by atoms with Crippen molar-refractivity contribution in [2.24, 2.45) is 0 Å². The molecule has 2 heterocycles. The zero-order chi connectivity index (χ0) is 12.6. The van der Waals surface area contributed by atoms with Gasteiger partial charge in [0.1, 0.15) is 12.1 Å². The predicted octanol–water partition coefficient (Wildman–Crippen LogP) is 0.626. The molecule has 0 bridgehead atoms. The summed E-state index contributed by atoms with van der Waals surface area (Å²) in [5.41, 5.74) is -0.471. The molecule has 2 aliphatic rings. The van der Waals surface area contributed by atoms with Gasteiger partial charge in [-0.25, -0.2) is 0 Å². The van der Waals surface area contributed by atoms with Crippen molar-refractivity contribution in [3.05, 3.63) is 0 Å². The summed E-state index contributed by atoms with van der Waals surface area (Å²) < 4.78 is 5.29. The first-order valence-corrected chi connectivity index (χ1v) is 6.77. The number of esters is 1. The first-order chi connectivity index (χ1) is 7.91. The minimum atomic E-state index is -0.471. The van der Waals surface area contributed by atoms with Crippen LogP contribution in [0.3, 0.4) is 0 Å². The number of morpholine rings is 1. The largest absolute Gasteiger partial charge is 0.463 e. The lowest BCUT2D eigenvalue weighted by atomic mass is 9.96. The molecular formula is C12H22N2O2S. The minimum Gasteiger partial charge on any atom is -0.463 e. The van der Waals surface area contributed by atoms with Gasteiger partial charge in [0.2, 0.25) is 0 Å². The van der Waals surface area contributed by atoms with Crippen molar-refractivity contribution in [2.75, 3.05) is 32.8 Å². The van der Waals surface area contributed by atoms with Gasteiger partial charge >= 0.3 is 5.97 Å². The Labute approximate surface area is 109 Å². The number of carbonyl (C=O) groups excluding carboxylic acids is 1. The van der Waals surface area contributed by atoms with E-state index >= 15 is 0 Å². The number of cyclic esters (lactones) is 1. The van der Waals surface area contributed by atoms with E-state index in [2.05, 4.69) is 29.4 Å².